The van der Waals surface area contributed by atoms with Crippen molar-refractivity contribution in [2.24, 2.45) is 7.05 Å². The van der Waals surface area contributed by atoms with E-state index >= 15 is 0 Å². The Balaban J connectivity index is 2.47. The van der Waals surface area contributed by atoms with Crippen LogP contribution in [0.1, 0.15) is 57.2 Å². The fourth-order valence-corrected chi connectivity index (χ4v) is 3.23. The predicted molar refractivity (Wildman–Crippen MR) is 104 cm³/mol. The van der Waals surface area contributed by atoms with Gasteiger partial charge in [0, 0.05) is 12.9 Å². The highest BCUT2D eigenvalue weighted by molar-refractivity contribution is 5.94. The second kappa shape index (κ2) is 6.39. The first-order valence-corrected chi connectivity index (χ1v) is 8.31. The fraction of sp³-hybridized carbons (Fsp3) is 0.348. The van der Waals surface area contributed by atoms with E-state index in [1.54, 1.807) is 17.7 Å². The maximum absolute atomic E-state index is 8.47. The van der Waals surface area contributed by atoms with Crippen LogP contribution in [0.3, 0.4) is 0 Å². The Bertz CT molecular complexity index is 1120. The van der Waals surface area contributed by atoms with Crippen LogP contribution in [0.5, 0.6) is 0 Å². The molecule has 1 heterocycles. The summed E-state index contributed by atoms with van der Waals surface area (Å²) in [6, 6.07) is 11.0. The molecule has 1 nitrogen and oxygen atoms in total. The lowest BCUT2D eigenvalue weighted by atomic mass is 9.92. The van der Waals surface area contributed by atoms with E-state index in [9.17, 15) is 0 Å². The largest absolute Gasteiger partial charge is 0.220 e. The van der Waals surface area contributed by atoms with Crippen molar-refractivity contribution in [3.05, 3.63) is 64.8 Å². The van der Waals surface area contributed by atoms with Crippen LogP contribution in [0.15, 0.2) is 42.6 Å². The molecule has 0 radical (unpaired) electrons. The molecule has 1 heteroatoms. The molecule has 0 aliphatic rings. The van der Waals surface area contributed by atoms with E-state index in [4.69, 9.17) is 8.22 Å². The maximum atomic E-state index is 8.47. The number of pyridine rings is 1. The Morgan fingerprint density at radius 2 is 2.00 bits per heavy atom. The zero-order valence-electron chi connectivity index (χ0n) is 21.0. The summed E-state index contributed by atoms with van der Waals surface area (Å²) in [7, 11) is 1.79. The van der Waals surface area contributed by atoms with E-state index in [-0.39, 0.29) is 5.56 Å². The van der Waals surface area contributed by atoms with Gasteiger partial charge in [-0.3, -0.25) is 0 Å². The number of hydrogen-bond donors (Lipinski definition) is 0. The number of rotatable bonds is 3. The van der Waals surface area contributed by atoms with Crippen molar-refractivity contribution in [2.45, 2.75) is 46.8 Å². The van der Waals surface area contributed by atoms with Crippen LogP contribution < -0.4 is 4.57 Å². The molecule has 0 saturated heterocycles. The Kier molecular flexibility index (Phi) is 2.84. The molecule has 0 spiro atoms. The average molecular weight is 325 g/mol. The topological polar surface area (TPSA) is 3.88 Å². The van der Waals surface area contributed by atoms with Gasteiger partial charge in [0.2, 0.25) is 5.69 Å². The van der Waals surface area contributed by atoms with Gasteiger partial charge in [-0.15, -0.1) is 0 Å². The van der Waals surface area contributed by atoms with Gasteiger partial charge in [-0.05, 0) is 65.8 Å². The molecule has 0 aliphatic heterocycles. The van der Waals surface area contributed by atoms with Crippen molar-refractivity contribution in [1.29, 1.82) is 0 Å². The molecule has 0 N–H and O–H groups in total. The van der Waals surface area contributed by atoms with Gasteiger partial charge in [0.05, 0.1) is 10.9 Å². The first-order valence-electron chi connectivity index (χ1n) is 11.3. The number of aromatic nitrogens is 1. The quantitative estimate of drug-likeness (QED) is 0.549. The van der Waals surface area contributed by atoms with Crippen molar-refractivity contribution in [2.75, 3.05) is 0 Å². The third-order valence-corrected chi connectivity index (χ3v) is 4.68. The molecular formula is C23H28N+. The van der Waals surface area contributed by atoms with Crippen LogP contribution in [0.25, 0.3) is 22.0 Å². The van der Waals surface area contributed by atoms with Crippen molar-refractivity contribution in [1.82, 2.24) is 0 Å². The zero-order chi connectivity index (χ0) is 22.6. The van der Waals surface area contributed by atoms with Gasteiger partial charge in [0.25, 0.3) is 0 Å². The summed E-state index contributed by atoms with van der Waals surface area (Å²) in [6.07, 6.45) is -1.39. The first kappa shape index (κ1) is 10.7. The smallest absolute Gasteiger partial charge is 0.200 e. The van der Waals surface area contributed by atoms with Crippen LogP contribution in [0, 0.1) is 13.8 Å². The van der Waals surface area contributed by atoms with Crippen molar-refractivity contribution >= 4 is 10.8 Å². The van der Waals surface area contributed by atoms with Crippen LogP contribution in [0.4, 0.5) is 0 Å². The van der Waals surface area contributed by atoms with Gasteiger partial charge in [0.1, 0.15) is 8.42 Å². The van der Waals surface area contributed by atoms with E-state index < -0.39 is 13.2 Å². The van der Waals surface area contributed by atoms with Gasteiger partial charge in [-0.2, -0.15) is 0 Å². The Labute approximate surface area is 154 Å². The third kappa shape index (κ3) is 2.84. The van der Waals surface area contributed by atoms with Crippen molar-refractivity contribution in [3.8, 4) is 11.3 Å². The molecule has 0 bridgehead atoms. The highest BCUT2D eigenvalue weighted by Gasteiger charge is 2.19. The summed E-state index contributed by atoms with van der Waals surface area (Å²) in [5, 5.41) is 1.82. The molecule has 2 aromatic carbocycles. The molecule has 0 unspecified atom stereocenters. The number of hydrogen-bond acceptors (Lipinski definition) is 0. The van der Waals surface area contributed by atoms with Gasteiger partial charge >= 0.3 is 0 Å². The molecule has 0 aliphatic carbocycles. The molecular weight excluding hydrogens is 290 g/mol. The first-order chi connectivity index (χ1) is 13.7. The Morgan fingerprint density at radius 3 is 2.67 bits per heavy atom. The molecule has 124 valence electrons. The van der Waals surface area contributed by atoms with Gasteiger partial charge in [-0.1, -0.05) is 39.0 Å². The maximum Gasteiger partial charge on any atom is 0.220 e. The van der Waals surface area contributed by atoms with E-state index in [1.807, 2.05) is 19.1 Å². The second-order valence-corrected chi connectivity index (χ2v) is 6.63. The minimum absolute atomic E-state index is 0.103. The summed E-state index contributed by atoms with van der Waals surface area (Å²) >= 11 is 0. The predicted octanol–water partition coefficient (Wildman–Crippen LogP) is 5.63. The molecule has 0 atom stereocenters. The van der Waals surface area contributed by atoms with Crippen molar-refractivity contribution in [3.63, 3.8) is 0 Å². The number of fused-ring (bicyclic) bond motifs is 1. The van der Waals surface area contributed by atoms with Gasteiger partial charge < -0.3 is 0 Å². The second-order valence-electron chi connectivity index (χ2n) is 6.63. The summed E-state index contributed by atoms with van der Waals surface area (Å²) in [4.78, 5) is 0. The molecule has 3 aromatic rings. The molecule has 1 aromatic heterocycles. The van der Waals surface area contributed by atoms with E-state index in [0.29, 0.717) is 28.8 Å². The number of aryl methyl sites for hydroxylation is 2. The molecule has 0 amide bonds. The van der Waals surface area contributed by atoms with E-state index in [0.717, 1.165) is 16.5 Å². The third-order valence-electron chi connectivity index (χ3n) is 4.68. The summed E-state index contributed by atoms with van der Waals surface area (Å²) < 4.78 is 50.4. The highest BCUT2D eigenvalue weighted by Crippen LogP contribution is 2.32. The standard InChI is InChI=1S/C23H28N/c1-7-18-12-16(4)13-22(17(18)5)23-21-9-8-19(15(2)3)14-20(21)10-11-24(23)6/h8-15H,7H2,1-6H3/q+1/i4D3,7D2,11D. The minimum Gasteiger partial charge on any atom is -0.200 e. The van der Waals surface area contributed by atoms with E-state index in [1.165, 1.54) is 18.6 Å². The van der Waals surface area contributed by atoms with Gasteiger partial charge in [-0.25, -0.2) is 4.57 Å². The van der Waals surface area contributed by atoms with Crippen LogP contribution >= 0.6 is 0 Å². The lowest BCUT2D eigenvalue weighted by Crippen LogP contribution is -2.31. The summed E-state index contributed by atoms with van der Waals surface area (Å²) in [5.74, 6) is 0.348. The monoisotopic (exact) mass is 324 g/mol. The lowest BCUT2D eigenvalue weighted by Gasteiger charge is -2.13. The Hall–Kier alpha value is -2.15. The SMILES string of the molecule is [2H]c1cc2cc(C(C)C)ccc2c(-c2cc(C([2H])([2H])[2H])cc(C([2H])([2H])C)c2C)[n+]1C. The van der Waals surface area contributed by atoms with Crippen molar-refractivity contribution < 1.29 is 12.8 Å². The molecule has 0 fully saturated rings. The lowest BCUT2D eigenvalue weighted by molar-refractivity contribution is -0.659. The molecule has 0 saturated carbocycles. The summed E-state index contributed by atoms with van der Waals surface area (Å²) in [5.41, 5.74) is 3.68. The fourth-order valence-electron chi connectivity index (χ4n) is 3.23. The van der Waals surface area contributed by atoms with Crippen LogP contribution in [-0.2, 0) is 13.4 Å². The normalized spacial score (nSPS) is 16.2. The van der Waals surface area contributed by atoms with Crippen LogP contribution in [-0.4, -0.2) is 0 Å². The minimum atomic E-state index is -2.36. The Morgan fingerprint density at radius 1 is 1.21 bits per heavy atom. The summed E-state index contributed by atoms with van der Waals surface area (Å²) in [6.45, 7) is 5.13. The number of nitrogens with zero attached hydrogens (tertiary/aromatic N) is 1. The average Bonchev–Trinajstić information content (AvgIpc) is 2.61. The zero-order valence-corrected chi connectivity index (χ0v) is 15.0. The molecule has 24 heavy (non-hydrogen) atoms. The molecule has 3 rings (SSSR count). The van der Waals surface area contributed by atoms with Crippen LogP contribution in [0.2, 0.25) is 0 Å². The van der Waals surface area contributed by atoms with E-state index in [2.05, 4.69) is 26.0 Å². The highest BCUT2D eigenvalue weighted by atomic mass is 14.9. The number of benzene rings is 2. The van der Waals surface area contributed by atoms with Gasteiger partial charge in [0.15, 0.2) is 6.17 Å².